The van der Waals surface area contributed by atoms with Crippen LogP contribution >= 0.6 is 23.2 Å². The zero-order chi connectivity index (χ0) is 22.3. The molecule has 6 N–H and O–H groups in total. The van der Waals surface area contributed by atoms with E-state index >= 15 is 0 Å². The van der Waals surface area contributed by atoms with Crippen molar-refractivity contribution in [1.82, 2.24) is 10.6 Å². The largest absolute Gasteiger partial charge is 0.466 e. The zero-order valence-electron chi connectivity index (χ0n) is 16.2. The lowest BCUT2D eigenvalue weighted by Gasteiger charge is -2.19. The van der Waals surface area contributed by atoms with Crippen molar-refractivity contribution in [2.45, 2.75) is 19.4 Å². The van der Waals surface area contributed by atoms with Crippen molar-refractivity contribution >= 4 is 52.4 Å². The molecule has 1 atom stereocenters. The highest BCUT2D eigenvalue weighted by atomic mass is 35.5. The molecule has 0 heterocycles. The Hall–Kier alpha value is -2.97. The predicted molar refractivity (Wildman–Crippen MR) is 116 cm³/mol. The summed E-state index contributed by atoms with van der Waals surface area (Å²) in [5, 5.41) is 5.88. The molecule has 2 aromatic rings. The molecule has 0 aliphatic heterocycles. The zero-order valence-corrected chi connectivity index (χ0v) is 17.7. The fraction of sp³-hybridized carbons (Fsp3) is 0.250. The Labute approximate surface area is 183 Å². The third-order valence-electron chi connectivity index (χ3n) is 3.95. The van der Waals surface area contributed by atoms with Gasteiger partial charge in [-0.2, -0.15) is 0 Å². The fourth-order valence-electron chi connectivity index (χ4n) is 2.73. The molecule has 0 saturated carbocycles. The number of hydrogen-bond donors (Lipinski definition) is 4. The van der Waals surface area contributed by atoms with E-state index in [-0.39, 0.29) is 25.1 Å². The number of esters is 1. The highest BCUT2D eigenvalue weighted by Gasteiger charge is 2.21. The second-order valence-corrected chi connectivity index (χ2v) is 7.28. The van der Waals surface area contributed by atoms with Gasteiger partial charge in [-0.25, -0.2) is 0 Å². The number of amides is 2. The lowest BCUT2D eigenvalue weighted by Crippen LogP contribution is -2.39. The molecule has 0 aliphatic carbocycles. The molecule has 0 aromatic heterocycles. The smallest absolute Gasteiger partial charge is 0.308 e. The molecule has 2 aromatic carbocycles. The van der Waals surface area contributed by atoms with Gasteiger partial charge in [0.25, 0.3) is 5.91 Å². The highest BCUT2D eigenvalue weighted by Crippen LogP contribution is 2.25. The van der Waals surface area contributed by atoms with Crippen LogP contribution in [-0.2, 0) is 14.3 Å². The molecule has 0 bridgehead atoms. The van der Waals surface area contributed by atoms with E-state index in [0.717, 1.165) is 0 Å². The minimum absolute atomic E-state index is 0.129. The number of halogens is 2. The van der Waals surface area contributed by atoms with Gasteiger partial charge in [-0.3, -0.25) is 14.4 Å². The van der Waals surface area contributed by atoms with Crippen LogP contribution in [0.1, 0.15) is 35.3 Å². The van der Waals surface area contributed by atoms with E-state index in [4.69, 9.17) is 39.4 Å². The standard InChI is InChI=1S/C20H22Cl2N4O4/c1-2-30-19(28)9-17(11-3-13(21)7-14(22)4-11)26-18(27)10-25-20(29)12-5-15(23)8-16(24)6-12/h3-8,17H,2,9-10,23-24H2,1H3,(H,25,29)(H,26,27). The van der Waals surface area contributed by atoms with Crippen LogP contribution in [0, 0.1) is 0 Å². The molecule has 0 aliphatic rings. The summed E-state index contributed by atoms with van der Waals surface area (Å²) in [4.78, 5) is 36.6. The minimum atomic E-state index is -0.743. The summed E-state index contributed by atoms with van der Waals surface area (Å²) < 4.78 is 4.96. The Kier molecular flexibility index (Phi) is 8.32. The number of hydrogen-bond acceptors (Lipinski definition) is 6. The van der Waals surface area contributed by atoms with Gasteiger partial charge in [0.05, 0.1) is 25.6 Å². The van der Waals surface area contributed by atoms with Crippen molar-refractivity contribution < 1.29 is 19.1 Å². The number of anilines is 2. The molecule has 2 rings (SSSR count). The summed E-state index contributed by atoms with van der Waals surface area (Å²) in [5.41, 5.74) is 12.8. The first-order valence-corrected chi connectivity index (χ1v) is 9.78. The third kappa shape index (κ3) is 7.13. The van der Waals surface area contributed by atoms with Crippen LogP contribution in [-0.4, -0.2) is 30.9 Å². The van der Waals surface area contributed by atoms with Crippen molar-refractivity contribution in [2.75, 3.05) is 24.6 Å². The molecular formula is C20H22Cl2N4O4. The van der Waals surface area contributed by atoms with Gasteiger partial charge in [0.2, 0.25) is 5.91 Å². The average Bonchev–Trinajstić information content (AvgIpc) is 2.64. The summed E-state index contributed by atoms with van der Waals surface area (Å²) in [5.74, 6) is -1.54. The van der Waals surface area contributed by atoms with E-state index in [2.05, 4.69) is 10.6 Å². The number of carbonyl (C=O) groups is 3. The van der Waals surface area contributed by atoms with Crippen LogP contribution in [0.25, 0.3) is 0 Å². The number of benzene rings is 2. The van der Waals surface area contributed by atoms with Gasteiger partial charge < -0.3 is 26.8 Å². The van der Waals surface area contributed by atoms with Gasteiger partial charge >= 0.3 is 5.97 Å². The average molecular weight is 453 g/mol. The van der Waals surface area contributed by atoms with Crippen molar-refractivity contribution in [3.63, 3.8) is 0 Å². The van der Waals surface area contributed by atoms with Crippen LogP contribution in [0.5, 0.6) is 0 Å². The van der Waals surface area contributed by atoms with Crippen molar-refractivity contribution in [3.8, 4) is 0 Å². The molecule has 2 amide bonds. The van der Waals surface area contributed by atoms with Crippen molar-refractivity contribution in [1.29, 1.82) is 0 Å². The van der Waals surface area contributed by atoms with Gasteiger partial charge in [-0.05, 0) is 48.9 Å². The molecule has 0 spiro atoms. The molecule has 0 saturated heterocycles. The van der Waals surface area contributed by atoms with E-state index in [9.17, 15) is 14.4 Å². The SMILES string of the molecule is CCOC(=O)CC(NC(=O)CNC(=O)c1cc(N)cc(N)c1)c1cc(Cl)cc(Cl)c1. The van der Waals surface area contributed by atoms with Crippen molar-refractivity contribution in [3.05, 3.63) is 57.6 Å². The van der Waals surface area contributed by atoms with Crippen LogP contribution in [0.3, 0.4) is 0 Å². The van der Waals surface area contributed by atoms with E-state index in [1.54, 1.807) is 19.1 Å². The normalized spacial score (nSPS) is 11.4. The Morgan fingerprint density at radius 3 is 2.17 bits per heavy atom. The molecule has 160 valence electrons. The van der Waals surface area contributed by atoms with Crippen LogP contribution in [0.2, 0.25) is 10.0 Å². The Morgan fingerprint density at radius 2 is 1.60 bits per heavy atom. The van der Waals surface area contributed by atoms with Crippen LogP contribution in [0.4, 0.5) is 11.4 Å². The molecule has 30 heavy (non-hydrogen) atoms. The summed E-state index contributed by atoms with van der Waals surface area (Å²) in [6, 6.07) is 8.37. The van der Waals surface area contributed by atoms with Crippen LogP contribution in [0.15, 0.2) is 36.4 Å². The van der Waals surface area contributed by atoms with E-state index < -0.39 is 23.8 Å². The predicted octanol–water partition coefficient (Wildman–Crippen LogP) is 2.70. The van der Waals surface area contributed by atoms with E-state index in [0.29, 0.717) is 27.0 Å². The first-order valence-electron chi connectivity index (χ1n) is 9.03. The maximum atomic E-state index is 12.4. The van der Waals surface area contributed by atoms with E-state index in [1.807, 2.05) is 0 Å². The molecule has 1 unspecified atom stereocenters. The van der Waals surface area contributed by atoms with Gasteiger partial charge in [0, 0.05) is 27.0 Å². The summed E-state index contributed by atoms with van der Waals surface area (Å²) in [7, 11) is 0. The molecule has 8 nitrogen and oxygen atoms in total. The maximum absolute atomic E-state index is 12.4. The topological polar surface area (TPSA) is 137 Å². The lowest BCUT2D eigenvalue weighted by molar-refractivity contribution is -0.143. The van der Waals surface area contributed by atoms with Gasteiger partial charge in [-0.15, -0.1) is 0 Å². The number of carbonyl (C=O) groups excluding carboxylic acids is 3. The monoisotopic (exact) mass is 452 g/mol. The number of nitrogens with two attached hydrogens (primary N) is 2. The fourth-order valence-corrected chi connectivity index (χ4v) is 3.27. The second-order valence-electron chi connectivity index (χ2n) is 6.40. The maximum Gasteiger partial charge on any atom is 0.308 e. The quantitative estimate of drug-likeness (QED) is 0.358. The molecule has 0 radical (unpaired) electrons. The lowest BCUT2D eigenvalue weighted by atomic mass is 10.0. The number of nitrogen functional groups attached to an aromatic ring is 2. The third-order valence-corrected chi connectivity index (χ3v) is 4.38. The van der Waals surface area contributed by atoms with E-state index in [1.165, 1.54) is 24.3 Å². The highest BCUT2D eigenvalue weighted by molar-refractivity contribution is 6.34. The number of rotatable bonds is 8. The molecule has 10 heteroatoms. The summed E-state index contributed by atoms with van der Waals surface area (Å²) in [6.07, 6.45) is -0.129. The Balaban J connectivity index is 2.07. The Bertz CT molecular complexity index is 912. The van der Waals surface area contributed by atoms with Crippen molar-refractivity contribution in [2.24, 2.45) is 0 Å². The molecule has 0 fully saturated rings. The summed E-state index contributed by atoms with van der Waals surface area (Å²) in [6.45, 7) is 1.55. The first-order chi connectivity index (χ1) is 14.2. The summed E-state index contributed by atoms with van der Waals surface area (Å²) >= 11 is 12.1. The van der Waals surface area contributed by atoms with Gasteiger partial charge in [-0.1, -0.05) is 23.2 Å². The molecular weight excluding hydrogens is 431 g/mol. The van der Waals surface area contributed by atoms with Crippen LogP contribution < -0.4 is 22.1 Å². The van der Waals surface area contributed by atoms with Gasteiger partial charge in [0.1, 0.15) is 0 Å². The first kappa shape index (κ1) is 23.3. The number of ether oxygens (including phenoxy) is 1. The second kappa shape index (κ2) is 10.7. The number of nitrogens with one attached hydrogen (secondary N) is 2. The minimum Gasteiger partial charge on any atom is -0.466 e. The Morgan fingerprint density at radius 1 is 1.00 bits per heavy atom. The van der Waals surface area contributed by atoms with Gasteiger partial charge in [0.15, 0.2) is 0 Å².